The number of fused-ring (bicyclic) bond motifs is 3. The number of pyridine rings is 1. The number of likely N-dealkylation sites (N-methyl/N-ethyl adjacent to an activating group) is 1. The highest BCUT2D eigenvalue weighted by Gasteiger charge is 2.48. The highest BCUT2D eigenvalue weighted by molar-refractivity contribution is 6.04. The van der Waals surface area contributed by atoms with Gasteiger partial charge in [0.1, 0.15) is 23.7 Å². The van der Waals surface area contributed by atoms with Crippen LogP contribution in [-0.4, -0.2) is 79.6 Å². The molecule has 4 aromatic rings. The maximum atomic E-state index is 13.0. The van der Waals surface area contributed by atoms with Crippen LogP contribution in [0, 0.1) is 5.92 Å². The summed E-state index contributed by atoms with van der Waals surface area (Å²) in [7, 11) is 3.95. The molecule has 2 amide bonds. The van der Waals surface area contributed by atoms with Gasteiger partial charge in [0.15, 0.2) is 5.65 Å². The molecule has 40 heavy (non-hydrogen) atoms. The van der Waals surface area contributed by atoms with Crippen LogP contribution < -0.4 is 11.1 Å². The van der Waals surface area contributed by atoms with Crippen molar-refractivity contribution in [1.82, 2.24) is 34.5 Å². The van der Waals surface area contributed by atoms with Crippen LogP contribution in [0.2, 0.25) is 0 Å². The van der Waals surface area contributed by atoms with Crippen molar-refractivity contribution in [3.63, 3.8) is 0 Å². The molecule has 1 saturated carbocycles. The van der Waals surface area contributed by atoms with Crippen LogP contribution in [0.3, 0.4) is 0 Å². The molecule has 11 nitrogen and oxygen atoms in total. The molecule has 2 bridgehead atoms. The Morgan fingerprint density at radius 3 is 2.60 bits per heavy atom. The standard InChI is InChI=1S/C29H31N9O2/c1-36(2)13-5-7-24(39)37-16-18-14-21(37)22(15-18)38-28-25(27(30)32-17-33-28)26(35-38)19-8-10-20(11-9-19)29(40)34-23-6-3-4-12-31-23/h3-12,17-18,21-22H,13-16H2,1-2H3,(H2,30,32,33)(H,31,34,40). The highest BCUT2D eigenvalue weighted by atomic mass is 16.2. The normalized spacial score (nSPS) is 20.2. The molecule has 6 rings (SSSR count). The van der Waals surface area contributed by atoms with Crippen LogP contribution in [0.15, 0.2) is 67.1 Å². The fourth-order valence-electron chi connectivity index (χ4n) is 5.80. The van der Waals surface area contributed by atoms with Gasteiger partial charge in [0.2, 0.25) is 5.91 Å². The number of piperidine rings is 1. The van der Waals surface area contributed by atoms with E-state index in [1.165, 1.54) is 6.33 Å². The second-order valence-electron chi connectivity index (χ2n) is 10.6. The topological polar surface area (TPSA) is 135 Å². The number of amides is 2. The van der Waals surface area contributed by atoms with Gasteiger partial charge in [0, 0.05) is 36.5 Å². The SMILES string of the molecule is CN(C)CC=CC(=O)N1CC2CC1C(n1nc(-c3ccc(C(=O)Nc4ccccn4)cc3)c3c(N)ncnc31)C2. The van der Waals surface area contributed by atoms with E-state index in [4.69, 9.17) is 10.8 Å². The Morgan fingerprint density at radius 2 is 1.88 bits per heavy atom. The number of nitrogens with one attached hydrogen (secondary N) is 1. The molecule has 1 aliphatic heterocycles. The van der Waals surface area contributed by atoms with Gasteiger partial charge in [0.25, 0.3) is 5.91 Å². The maximum Gasteiger partial charge on any atom is 0.256 e. The Bertz CT molecular complexity index is 1580. The van der Waals surface area contributed by atoms with E-state index in [9.17, 15) is 9.59 Å². The average molecular weight is 538 g/mol. The van der Waals surface area contributed by atoms with E-state index in [-0.39, 0.29) is 23.9 Å². The summed E-state index contributed by atoms with van der Waals surface area (Å²) < 4.78 is 1.93. The molecule has 0 radical (unpaired) electrons. The van der Waals surface area contributed by atoms with Crippen molar-refractivity contribution in [2.75, 3.05) is 38.2 Å². The number of likely N-dealkylation sites (tertiary alicyclic amines) is 1. The lowest BCUT2D eigenvalue weighted by atomic mass is 10.1. The second kappa shape index (κ2) is 10.5. The third-order valence-electron chi connectivity index (χ3n) is 7.62. The van der Waals surface area contributed by atoms with Crippen molar-refractivity contribution >= 4 is 34.5 Å². The zero-order valence-corrected chi connectivity index (χ0v) is 22.4. The first-order chi connectivity index (χ1) is 19.4. The maximum absolute atomic E-state index is 13.0. The minimum Gasteiger partial charge on any atom is -0.383 e. The molecule has 3 N–H and O–H groups in total. The van der Waals surface area contributed by atoms with Crippen LogP contribution >= 0.6 is 0 Å². The number of nitrogen functional groups attached to an aromatic ring is 1. The molecular formula is C29H31N9O2. The van der Waals surface area contributed by atoms with Crippen molar-refractivity contribution < 1.29 is 9.59 Å². The van der Waals surface area contributed by atoms with Gasteiger partial charge in [0.05, 0.1) is 17.5 Å². The van der Waals surface area contributed by atoms with Gasteiger partial charge < -0.3 is 20.9 Å². The zero-order chi connectivity index (χ0) is 27.8. The predicted molar refractivity (Wildman–Crippen MR) is 152 cm³/mol. The number of nitrogens with two attached hydrogens (primary N) is 1. The van der Waals surface area contributed by atoms with Gasteiger partial charge >= 0.3 is 0 Å². The largest absolute Gasteiger partial charge is 0.383 e. The van der Waals surface area contributed by atoms with Gasteiger partial charge in [-0.3, -0.25) is 9.59 Å². The number of aromatic nitrogens is 5. The molecule has 0 spiro atoms. The third-order valence-corrected chi connectivity index (χ3v) is 7.62. The Labute approximate surface area is 231 Å². The lowest BCUT2D eigenvalue weighted by Crippen LogP contribution is -2.42. The fourth-order valence-corrected chi connectivity index (χ4v) is 5.80. The van der Waals surface area contributed by atoms with E-state index >= 15 is 0 Å². The smallest absolute Gasteiger partial charge is 0.256 e. The summed E-state index contributed by atoms with van der Waals surface area (Å²) in [5.41, 5.74) is 8.93. The molecule has 1 saturated heterocycles. The molecule has 11 heteroatoms. The van der Waals surface area contributed by atoms with Crippen LogP contribution in [-0.2, 0) is 4.79 Å². The minimum atomic E-state index is -0.255. The Morgan fingerprint density at radius 1 is 1.07 bits per heavy atom. The number of rotatable bonds is 7. The molecule has 4 heterocycles. The lowest BCUT2D eigenvalue weighted by Gasteiger charge is -2.32. The van der Waals surface area contributed by atoms with Gasteiger partial charge in [-0.25, -0.2) is 19.6 Å². The lowest BCUT2D eigenvalue weighted by molar-refractivity contribution is -0.128. The quantitative estimate of drug-likeness (QED) is 0.344. The first-order valence-corrected chi connectivity index (χ1v) is 13.3. The van der Waals surface area contributed by atoms with Gasteiger partial charge in [-0.2, -0.15) is 5.10 Å². The second-order valence-corrected chi connectivity index (χ2v) is 10.6. The third kappa shape index (κ3) is 4.79. The van der Waals surface area contributed by atoms with Crippen LogP contribution in [0.1, 0.15) is 29.2 Å². The molecular weight excluding hydrogens is 506 g/mol. The van der Waals surface area contributed by atoms with E-state index in [0.29, 0.717) is 46.4 Å². The summed E-state index contributed by atoms with van der Waals surface area (Å²) in [6, 6.07) is 12.5. The van der Waals surface area contributed by atoms with Crippen molar-refractivity contribution in [3.8, 4) is 11.3 Å². The Balaban J connectivity index is 1.29. The molecule has 204 valence electrons. The highest BCUT2D eigenvalue weighted by Crippen LogP contribution is 2.46. The van der Waals surface area contributed by atoms with Crippen molar-refractivity contribution in [3.05, 3.63) is 72.7 Å². The summed E-state index contributed by atoms with van der Waals surface area (Å²) in [5.74, 6) is 1.02. The molecule has 1 aliphatic carbocycles. The number of nitrogens with zero attached hydrogens (tertiary/aromatic N) is 7. The zero-order valence-electron chi connectivity index (χ0n) is 22.4. The number of hydrogen-bond acceptors (Lipinski definition) is 8. The summed E-state index contributed by atoms with van der Waals surface area (Å²) in [4.78, 5) is 42.7. The molecule has 2 fully saturated rings. The molecule has 3 aromatic heterocycles. The van der Waals surface area contributed by atoms with E-state index in [0.717, 1.165) is 24.9 Å². The van der Waals surface area contributed by atoms with Crippen molar-refractivity contribution in [2.24, 2.45) is 5.92 Å². The van der Waals surface area contributed by atoms with E-state index in [1.54, 1.807) is 36.5 Å². The number of hydrogen-bond donors (Lipinski definition) is 2. The summed E-state index contributed by atoms with van der Waals surface area (Å²) in [6.07, 6.45) is 8.51. The van der Waals surface area contributed by atoms with Crippen molar-refractivity contribution in [1.29, 1.82) is 0 Å². The molecule has 3 atom stereocenters. The van der Waals surface area contributed by atoms with Crippen LogP contribution in [0.25, 0.3) is 22.3 Å². The van der Waals surface area contributed by atoms with Gasteiger partial charge in [-0.1, -0.05) is 24.3 Å². The van der Waals surface area contributed by atoms with Gasteiger partial charge in [-0.15, -0.1) is 0 Å². The number of carbonyl (C=O) groups excluding carboxylic acids is 2. The average Bonchev–Trinajstić information content (AvgIpc) is 3.67. The Kier molecular flexibility index (Phi) is 6.72. The van der Waals surface area contributed by atoms with E-state index in [1.807, 2.05) is 52.9 Å². The van der Waals surface area contributed by atoms with Crippen molar-refractivity contribution in [2.45, 2.75) is 24.9 Å². The summed E-state index contributed by atoms with van der Waals surface area (Å²) >= 11 is 0. The summed E-state index contributed by atoms with van der Waals surface area (Å²) in [5, 5.41) is 8.46. The van der Waals surface area contributed by atoms with Crippen LogP contribution in [0.4, 0.5) is 11.6 Å². The monoisotopic (exact) mass is 537 g/mol. The first-order valence-electron chi connectivity index (χ1n) is 13.3. The Hall–Kier alpha value is -4.64. The van der Waals surface area contributed by atoms with E-state index < -0.39 is 0 Å². The fraction of sp³-hybridized carbons (Fsp3) is 0.310. The van der Waals surface area contributed by atoms with E-state index in [2.05, 4.69) is 20.3 Å². The van der Waals surface area contributed by atoms with Gasteiger partial charge in [-0.05, 0) is 57.1 Å². The molecule has 3 unspecified atom stereocenters. The molecule has 2 aliphatic rings. The number of carbonyl (C=O) groups is 2. The first kappa shape index (κ1) is 25.6. The number of anilines is 2. The summed E-state index contributed by atoms with van der Waals surface area (Å²) in [6.45, 7) is 1.47. The molecule has 1 aromatic carbocycles. The van der Waals surface area contributed by atoms with Crippen LogP contribution in [0.5, 0.6) is 0 Å². The predicted octanol–water partition coefficient (Wildman–Crippen LogP) is 3.00. The number of benzene rings is 1. The minimum absolute atomic E-state index is 0.0149.